The van der Waals surface area contributed by atoms with Gasteiger partial charge in [-0.2, -0.15) is 0 Å². The van der Waals surface area contributed by atoms with Gasteiger partial charge in [-0.1, -0.05) is 15.9 Å². The molecule has 1 aliphatic rings. The smallest absolute Gasteiger partial charge is 0.123 e. The first-order chi connectivity index (χ1) is 8.69. The molecule has 5 heteroatoms. The van der Waals surface area contributed by atoms with Crippen LogP contribution in [0.5, 0.6) is 5.75 Å². The molecule has 0 spiro atoms. The first-order valence-corrected chi connectivity index (χ1v) is 6.79. The van der Waals surface area contributed by atoms with Crippen molar-refractivity contribution in [2.45, 2.75) is 6.54 Å². The topological polar surface area (TPSA) is 56.5 Å². The summed E-state index contributed by atoms with van der Waals surface area (Å²) in [5.74, 6) is 0.900. The van der Waals surface area contributed by atoms with Crippen LogP contribution in [0.15, 0.2) is 22.7 Å². The van der Waals surface area contributed by atoms with E-state index in [0.29, 0.717) is 6.54 Å². The van der Waals surface area contributed by atoms with Gasteiger partial charge in [-0.3, -0.25) is 0 Å². The van der Waals surface area contributed by atoms with Crippen LogP contribution in [0.3, 0.4) is 0 Å². The number of rotatable bonds is 6. The summed E-state index contributed by atoms with van der Waals surface area (Å²) in [6, 6.07) is 6.01. The zero-order valence-electron chi connectivity index (χ0n) is 10.5. The van der Waals surface area contributed by atoms with Crippen LogP contribution in [0.4, 0.5) is 0 Å². The van der Waals surface area contributed by atoms with Crippen LogP contribution >= 0.6 is 15.9 Å². The molecule has 2 rings (SSSR count). The largest absolute Gasteiger partial charge is 0.496 e. The van der Waals surface area contributed by atoms with Gasteiger partial charge in [0.15, 0.2) is 0 Å². The van der Waals surface area contributed by atoms with E-state index in [2.05, 4.69) is 27.3 Å². The quantitative estimate of drug-likeness (QED) is 0.836. The lowest BCUT2D eigenvalue weighted by molar-refractivity contribution is -0.105. The maximum atomic E-state index is 5.78. The van der Waals surface area contributed by atoms with Crippen LogP contribution in [0.25, 0.3) is 0 Å². The molecule has 0 bridgehead atoms. The number of halogens is 1. The molecule has 0 saturated carbocycles. The van der Waals surface area contributed by atoms with Gasteiger partial charge in [0, 0.05) is 35.1 Å². The molecule has 1 saturated heterocycles. The Bertz CT molecular complexity index is 402. The Morgan fingerprint density at radius 1 is 1.50 bits per heavy atom. The number of hydrogen-bond acceptors (Lipinski definition) is 4. The fourth-order valence-corrected chi connectivity index (χ4v) is 2.44. The highest BCUT2D eigenvalue weighted by molar-refractivity contribution is 9.10. The molecule has 0 atom stereocenters. The Morgan fingerprint density at radius 2 is 2.28 bits per heavy atom. The van der Waals surface area contributed by atoms with E-state index >= 15 is 0 Å². The van der Waals surface area contributed by atoms with Crippen molar-refractivity contribution in [2.75, 3.05) is 33.4 Å². The van der Waals surface area contributed by atoms with Crippen LogP contribution in [0.2, 0.25) is 0 Å². The fourth-order valence-electron chi connectivity index (χ4n) is 2.03. The molecule has 1 aliphatic heterocycles. The summed E-state index contributed by atoms with van der Waals surface area (Å²) >= 11 is 3.47. The molecule has 1 heterocycles. The second-order valence-electron chi connectivity index (χ2n) is 4.76. The third kappa shape index (κ3) is 3.03. The van der Waals surface area contributed by atoms with Crippen LogP contribution in [-0.2, 0) is 11.3 Å². The zero-order valence-corrected chi connectivity index (χ0v) is 12.1. The summed E-state index contributed by atoms with van der Waals surface area (Å²) in [5, 5.41) is 3.44. The number of ether oxygens (including phenoxy) is 2. The van der Waals surface area contributed by atoms with E-state index in [0.717, 1.165) is 42.1 Å². The van der Waals surface area contributed by atoms with Crippen LogP contribution in [-0.4, -0.2) is 33.4 Å². The molecule has 4 nitrogen and oxygen atoms in total. The molecule has 1 aromatic rings. The Kier molecular flexibility index (Phi) is 4.61. The van der Waals surface area contributed by atoms with E-state index in [-0.39, 0.29) is 5.41 Å². The van der Waals surface area contributed by atoms with Gasteiger partial charge >= 0.3 is 0 Å². The molecular formula is C13H19BrN2O2. The third-order valence-electron chi connectivity index (χ3n) is 3.31. The number of benzene rings is 1. The fraction of sp³-hybridized carbons (Fsp3) is 0.538. The first kappa shape index (κ1) is 13.8. The normalized spacial score (nSPS) is 17.3. The van der Waals surface area contributed by atoms with E-state index in [9.17, 15) is 0 Å². The van der Waals surface area contributed by atoms with E-state index in [1.807, 2.05) is 12.1 Å². The summed E-state index contributed by atoms with van der Waals surface area (Å²) in [7, 11) is 1.69. The van der Waals surface area contributed by atoms with Crippen molar-refractivity contribution in [1.82, 2.24) is 5.32 Å². The summed E-state index contributed by atoms with van der Waals surface area (Å²) in [5.41, 5.74) is 7.04. The zero-order chi connectivity index (χ0) is 13.0. The molecular weight excluding hydrogens is 296 g/mol. The van der Waals surface area contributed by atoms with Gasteiger partial charge in [-0.15, -0.1) is 0 Å². The number of hydrogen-bond donors (Lipinski definition) is 2. The van der Waals surface area contributed by atoms with Gasteiger partial charge in [0.05, 0.1) is 20.3 Å². The molecule has 0 aliphatic carbocycles. The number of nitrogens with two attached hydrogens (primary N) is 1. The van der Waals surface area contributed by atoms with Crippen molar-refractivity contribution in [3.63, 3.8) is 0 Å². The summed E-state index contributed by atoms with van der Waals surface area (Å²) in [6.45, 7) is 3.82. The average Bonchev–Trinajstić information content (AvgIpc) is 2.33. The Morgan fingerprint density at radius 3 is 2.83 bits per heavy atom. The maximum absolute atomic E-state index is 5.78. The number of methoxy groups -OCH3 is 1. The van der Waals surface area contributed by atoms with Crippen molar-refractivity contribution in [3.8, 4) is 5.75 Å². The molecule has 3 N–H and O–H groups in total. The van der Waals surface area contributed by atoms with Crippen molar-refractivity contribution >= 4 is 15.9 Å². The molecule has 18 heavy (non-hydrogen) atoms. The standard InChI is InChI=1S/C13H19BrN2O2/c1-17-12-3-2-11(14)4-10(12)5-16-7-13(6-15)8-18-9-13/h2-4,16H,5-9,15H2,1H3. The highest BCUT2D eigenvalue weighted by Gasteiger charge is 2.36. The second-order valence-corrected chi connectivity index (χ2v) is 5.67. The highest BCUT2D eigenvalue weighted by atomic mass is 79.9. The first-order valence-electron chi connectivity index (χ1n) is 6.00. The van der Waals surface area contributed by atoms with Crippen LogP contribution in [0, 0.1) is 5.41 Å². The van der Waals surface area contributed by atoms with Gasteiger partial charge in [0.2, 0.25) is 0 Å². The van der Waals surface area contributed by atoms with Gasteiger partial charge in [-0.25, -0.2) is 0 Å². The van der Waals surface area contributed by atoms with Gasteiger partial charge in [-0.05, 0) is 18.2 Å². The van der Waals surface area contributed by atoms with E-state index in [4.69, 9.17) is 15.2 Å². The van der Waals surface area contributed by atoms with E-state index < -0.39 is 0 Å². The van der Waals surface area contributed by atoms with Crippen LogP contribution < -0.4 is 15.8 Å². The van der Waals surface area contributed by atoms with Crippen molar-refractivity contribution in [3.05, 3.63) is 28.2 Å². The monoisotopic (exact) mass is 314 g/mol. The molecule has 100 valence electrons. The Balaban J connectivity index is 1.91. The lowest BCUT2D eigenvalue weighted by Crippen LogP contribution is -2.54. The molecule has 1 fully saturated rings. The predicted octanol–water partition coefficient (Wildman–Crippen LogP) is 1.52. The van der Waals surface area contributed by atoms with Crippen LogP contribution in [0.1, 0.15) is 5.56 Å². The predicted molar refractivity (Wildman–Crippen MR) is 74.7 cm³/mol. The van der Waals surface area contributed by atoms with Gasteiger partial charge in [0.25, 0.3) is 0 Å². The maximum Gasteiger partial charge on any atom is 0.123 e. The molecule has 0 aromatic heterocycles. The molecule has 0 unspecified atom stereocenters. The summed E-state index contributed by atoms with van der Waals surface area (Å²) in [4.78, 5) is 0. The number of nitrogens with one attached hydrogen (secondary N) is 1. The Labute approximate surface area is 116 Å². The highest BCUT2D eigenvalue weighted by Crippen LogP contribution is 2.26. The lowest BCUT2D eigenvalue weighted by atomic mass is 9.86. The van der Waals surface area contributed by atoms with Crippen molar-refractivity contribution in [1.29, 1.82) is 0 Å². The Hall–Kier alpha value is -0.620. The molecule has 0 amide bonds. The minimum Gasteiger partial charge on any atom is -0.496 e. The minimum atomic E-state index is 0.124. The van der Waals surface area contributed by atoms with Gasteiger partial charge < -0.3 is 20.5 Å². The third-order valence-corrected chi connectivity index (χ3v) is 3.80. The van der Waals surface area contributed by atoms with Gasteiger partial charge in [0.1, 0.15) is 5.75 Å². The molecule has 1 aromatic carbocycles. The lowest BCUT2D eigenvalue weighted by Gasteiger charge is -2.40. The minimum absolute atomic E-state index is 0.124. The summed E-state index contributed by atoms with van der Waals surface area (Å²) < 4.78 is 11.6. The second kappa shape index (κ2) is 6.02. The van der Waals surface area contributed by atoms with Crippen molar-refractivity contribution in [2.24, 2.45) is 11.1 Å². The van der Waals surface area contributed by atoms with E-state index in [1.54, 1.807) is 7.11 Å². The van der Waals surface area contributed by atoms with Crippen molar-refractivity contribution < 1.29 is 9.47 Å². The molecule has 0 radical (unpaired) electrons. The SMILES string of the molecule is COc1ccc(Br)cc1CNCC1(CN)COC1. The summed E-state index contributed by atoms with van der Waals surface area (Å²) in [6.07, 6.45) is 0. The average molecular weight is 315 g/mol. The van der Waals surface area contributed by atoms with E-state index in [1.165, 1.54) is 0 Å².